The van der Waals surface area contributed by atoms with Crippen LogP contribution in [0.2, 0.25) is 0 Å². The van der Waals surface area contributed by atoms with Crippen molar-refractivity contribution in [3.05, 3.63) is 70.3 Å². The van der Waals surface area contributed by atoms with Crippen LogP contribution >= 0.6 is 0 Å². The second-order valence-electron chi connectivity index (χ2n) is 6.35. The second-order valence-corrected chi connectivity index (χ2v) is 7.91. The maximum atomic E-state index is 12.0. The monoisotopic (exact) mass is 400 g/mol. The maximum absolute atomic E-state index is 12.0. The number of hydrogen-bond acceptors (Lipinski definition) is 5. The highest BCUT2D eigenvalue weighted by molar-refractivity contribution is 7.89. The van der Waals surface area contributed by atoms with Gasteiger partial charge in [-0.3, -0.25) is 9.59 Å². The zero-order valence-corrected chi connectivity index (χ0v) is 15.8. The summed E-state index contributed by atoms with van der Waals surface area (Å²) in [5.74, 6) is 0.411. The number of aryl methyl sites for hydroxylation is 1. The molecular weight excluding hydrogens is 380 g/mol. The summed E-state index contributed by atoms with van der Waals surface area (Å²) in [6.45, 7) is 0.286. The number of H-pyrrole nitrogens is 1. The Labute approximate surface area is 161 Å². The minimum absolute atomic E-state index is 0.0273. The molecule has 0 bridgehead atoms. The molecule has 0 radical (unpaired) electrons. The fourth-order valence-electron chi connectivity index (χ4n) is 2.76. The van der Waals surface area contributed by atoms with Crippen molar-refractivity contribution in [2.75, 3.05) is 0 Å². The SMILES string of the molecule is NS(=O)(=O)c1ccc(CNC(=O)CCCc2nc3ccccc3c(=O)[nH]2)cc1. The molecule has 1 aromatic heterocycles. The summed E-state index contributed by atoms with van der Waals surface area (Å²) < 4.78 is 22.4. The van der Waals surface area contributed by atoms with E-state index in [0.717, 1.165) is 5.56 Å². The molecule has 0 atom stereocenters. The van der Waals surface area contributed by atoms with Gasteiger partial charge >= 0.3 is 0 Å². The van der Waals surface area contributed by atoms with Crippen LogP contribution in [0.3, 0.4) is 0 Å². The van der Waals surface area contributed by atoms with E-state index in [2.05, 4.69) is 15.3 Å². The Morgan fingerprint density at radius 2 is 1.82 bits per heavy atom. The molecule has 0 spiro atoms. The molecule has 0 saturated heterocycles. The number of nitrogens with one attached hydrogen (secondary N) is 2. The average molecular weight is 400 g/mol. The fraction of sp³-hybridized carbons (Fsp3) is 0.211. The van der Waals surface area contributed by atoms with Crippen molar-refractivity contribution in [1.29, 1.82) is 0 Å². The number of amides is 1. The van der Waals surface area contributed by atoms with Crippen LogP contribution in [0.15, 0.2) is 58.2 Å². The number of benzene rings is 2. The van der Waals surface area contributed by atoms with Crippen molar-refractivity contribution < 1.29 is 13.2 Å². The van der Waals surface area contributed by atoms with Crippen LogP contribution in [0.1, 0.15) is 24.2 Å². The molecule has 0 aliphatic heterocycles. The van der Waals surface area contributed by atoms with Crippen LogP contribution in [-0.4, -0.2) is 24.3 Å². The molecule has 3 rings (SSSR count). The molecule has 1 heterocycles. The molecule has 0 unspecified atom stereocenters. The first kappa shape index (κ1) is 19.7. The first-order valence-corrected chi connectivity index (χ1v) is 10.2. The number of carbonyl (C=O) groups excluding carboxylic acids is 1. The van der Waals surface area contributed by atoms with E-state index in [1.807, 2.05) is 6.07 Å². The normalized spacial score (nSPS) is 11.5. The Bertz CT molecular complexity index is 1150. The number of nitrogens with zero attached hydrogens (tertiary/aromatic N) is 1. The van der Waals surface area contributed by atoms with Gasteiger partial charge in [-0.1, -0.05) is 24.3 Å². The third-order valence-electron chi connectivity index (χ3n) is 4.22. The molecule has 4 N–H and O–H groups in total. The van der Waals surface area contributed by atoms with Crippen molar-refractivity contribution in [1.82, 2.24) is 15.3 Å². The number of rotatable bonds is 7. The standard InChI is InChI=1S/C19H20N4O4S/c20-28(26,27)14-10-8-13(9-11-14)12-21-18(24)7-3-6-17-22-16-5-2-1-4-15(16)19(25)23-17/h1-2,4-5,8-11H,3,6-7,12H2,(H,21,24)(H2,20,26,27)(H,22,23,25). The predicted octanol–water partition coefficient (Wildman–Crippen LogP) is 1.21. The average Bonchev–Trinajstić information content (AvgIpc) is 2.66. The van der Waals surface area contributed by atoms with E-state index in [4.69, 9.17) is 5.14 Å². The predicted molar refractivity (Wildman–Crippen MR) is 105 cm³/mol. The Morgan fingerprint density at radius 3 is 2.54 bits per heavy atom. The smallest absolute Gasteiger partial charge is 0.258 e. The molecule has 3 aromatic rings. The van der Waals surface area contributed by atoms with E-state index in [-0.39, 0.29) is 29.3 Å². The van der Waals surface area contributed by atoms with Gasteiger partial charge in [0.1, 0.15) is 5.82 Å². The lowest BCUT2D eigenvalue weighted by Crippen LogP contribution is -2.22. The summed E-state index contributed by atoms with van der Waals surface area (Å²) in [6, 6.07) is 13.1. The summed E-state index contributed by atoms with van der Waals surface area (Å²) in [7, 11) is -3.72. The van der Waals surface area contributed by atoms with Gasteiger partial charge in [-0.05, 0) is 36.2 Å². The number of fused-ring (bicyclic) bond motifs is 1. The minimum atomic E-state index is -3.72. The van der Waals surface area contributed by atoms with Gasteiger partial charge in [0, 0.05) is 19.4 Å². The lowest BCUT2D eigenvalue weighted by atomic mass is 10.2. The zero-order valence-electron chi connectivity index (χ0n) is 15.0. The van der Waals surface area contributed by atoms with Crippen molar-refractivity contribution >= 4 is 26.8 Å². The lowest BCUT2D eigenvalue weighted by molar-refractivity contribution is -0.121. The van der Waals surface area contributed by atoms with Gasteiger partial charge < -0.3 is 10.3 Å². The molecule has 0 fully saturated rings. The van der Waals surface area contributed by atoms with Gasteiger partial charge in [0.25, 0.3) is 5.56 Å². The van der Waals surface area contributed by atoms with E-state index < -0.39 is 10.0 Å². The summed E-state index contributed by atoms with van der Waals surface area (Å²) in [4.78, 5) is 31.2. The van der Waals surface area contributed by atoms with Crippen LogP contribution in [0, 0.1) is 0 Å². The third-order valence-corrected chi connectivity index (χ3v) is 5.15. The molecule has 9 heteroatoms. The molecule has 0 aliphatic rings. The van der Waals surface area contributed by atoms with Crippen LogP contribution in [0.25, 0.3) is 10.9 Å². The number of aromatic amines is 1. The quantitative estimate of drug-likeness (QED) is 0.548. The number of sulfonamides is 1. The van der Waals surface area contributed by atoms with Crippen molar-refractivity contribution in [3.63, 3.8) is 0 Å². The Hall–Kier alpha value is -3.04. The Balaban J connectivity index is 1.49. The molecule has 8 nitrogen and oxygen atoms in total. The largest absolute Gasteiger partial charge is 0.352 e. The molecule has 146 valence electrons. The van der Waals surface area contributed by atoms with Crippen molar-refractivity contribution in [2.24, 2.45) is 5.14 Å². The first-order valence-electron chi connectivity index (χ1n) is 8.69. The number of hydrogen-bond donors (Lipinski definition) is 3. The van der Waals surface area contributed by atoms with Crippen molar-refractivity contribution in [2.45, 2.75) is 30.7 Å². The van der Waals surface area contributed by atoms with E-state index in [1.54, 1.807) is 30.3 Å². The summed E-state index contributed by atoms with van der Waals surface area (Å²) >= 11 is 0. The van der Waals surface area contributed by atoms with Gasteiger partial charge in [0.2, 0.25) is 15.9 Å². The Morgan fingerprint density at radius 1 is 1.11 bits per heavy atom. The van der Waals surface area contributed by atoms with E-state index in [9.17, 15) is 18.0 Å². The minimum Gasteiger partial charge on any atom is -0.352 e. The number of carbonyl (C=O) groups is 1. The van der Waals surface area contributed by atoms with Gasteiger partial charge in [0.05, 0.1) is 15.8 Å². The first-order chi connectivity index (χ1) is 13.3. The third kappa shape index (κ3) is 5.02. The molecule has 0 saturated carbocycles. The summed E-state index contributed by atoms with van der Waals surface area (Å²) in [6.07, 6.45) is 1.31. The molecule has 1 amide bonds. The number of nitrogens with two attached hydrogens (primary N) is 1. The maximum Gasteiger partial charge on any atom is 0.258 e. The zero-order chi connectivity index (χ0) is 20.1. The lowest BCUT2D eigenvalue weighted by Gasteiger charge is -2.06. The molecule has 0 aliphatic carbocycles. The summed E-state index contributed by atoms with van der Waals surface area (Å²) in [5.41, 5.74) is 1.21. The van der Waals surface area contributed by atoms with Crippen LogP contribution in [-0.2, 0) is 27.8 Å². The summed E-state index contributed by atoms with van der Waals surface area (Å²) in [5, 5.41) is 8.36. The van der Waals surface area contributed by atoms with Crippen LogP contribution in [0.5, 0.6) is 0 Å². The number of para-hydroxylation sites is 1. The number of aromatic nitrogens is 2. The highest BCUT2D eigenvalue weighted by atomic mass is 32.2. The van der Waals surface area contributed by atoms with Crippen molar-refractivity contribution in [3.8, 4) is 0 Å². The number of primary sulfonamides is 1. The van der Waals surface area contributed by atoms with Crippen LogP contribution < -0.4 is 16.0 Å². The van der Waals surface area contributed by atoms with Gasteiger partial charge in [-0.15, -0.1) is 0 Å². The molecular formula is C19H20N4O4S. The van der Waals surface area contributed by atoms with Crippen LogP contribution in [0.4, 0.5) is 0 Å². The molecule has 28 heavy (non-hydrogen) atoms. The fourth-order valence-corrected chi connectivity index (χ4v) is 3.27. The highest BCUT2D eigenvalue weighted by Gasteiger charge is 2.08. The van der Waals surface area contributed by atoms with Gasteiger partial charge in [-0.2, -0.15) is 0 Å². The molecule has 2 aromatic carbocycles. The topological polar surface area (TPSA) is 135 Å². The van der Waals surface area contributed by atoms with E-state index in [1.165, 1.54) is 12.1 Å². The van der Waals surface area contributed by atoms with Gasteiger partial charge in [0.15, 0.2) is 0 Å². The van der Waals surface area contributed by atoms with Gasteiger partial charge in [-0.25, -0.2) is 18.5 Å². The van der Waals surface area contributed by atoms with E-state index in [0.29, 0.717) is 29.6 Å². The van der Waals surface area contributed by atoms with E-state index >= 15 is 0 Å². The second kappa shape index (κ2) is 8.32. The highest BCUT2D eigenvalue weighted by Crippen LogP contribution is 2.09. The Kier molecular flexibility index (Phi) is 5.86.